The number of carbonyl (C=O) groups is 2. The van der Waals surface area contributed by atoms with E-state index in [1.807, 2.05) is 0 Å². The molecule has 0 rings (SSSR count). The average Bonchev–Trinajstić information content (AvgIpc) is 2.59. The van der Waals surface area contributed by atoms with Gasteiger partial charge >= 0.3 is 5.97 Å². The minimum Gasteiger partial charge on any atom is -0.465 e. The van der Waals surface area contributed by atoms with E-state index in [0.717, 1.165) is 38.4 Å². The molecule has 0 aliphatic heterocycles. The molecule has 0 saturated carbocycles. The smallest absolute Gasteiger partial charge is 0.305 e. The second-order valence-corrected chi connectivity index (χ2v) is 7.01. The van der Waals surface area contributed by atoms with Gasteiger partial charge in [0, 0.05) is 12.8 Å². The second kappa shape index (κ2) is 18.5. The van der Waals surface area contributed by atoms with Crippen LogP contribution in [0, 0.1) is 5.92 Å². The molecule has 0 aliphatic rings. The fourth-order valence-corrected chi connectivity index (χ4v) is 2.97. The monoisotopic (exact) mass is 340 g/mol. The summed E-state index contributed by atoms with van der Waals surface area (Å²) in [6.45, 7) is 5.07. The van der Waals surface area contributed by atoms with Gasteiger partial charge in [-0.05, 0) is 31.6 Å². The first kappa shape index (κ1) is 23.1. The Morgan fingerprint density at radius 3 is 2.17 bits per heavy atom. The molecular weight excluding hydrogens is 300 g/mol. The topological polar surface area (TPSA) is 43.4 Å². The average molecular weight is 341 g/mol. The van der Waals surface area contributed by atoms with Crippen molar-refractivity contribution in [3.63, 3.8) is 0 Å². The minimum absolute atomic E-state index is 0.0297. The lowest BCUT2D eigenvalue weighted by atomic mass is 9.96. The Morgan fingerprint density at radius 1 is 0.833 bits per heavy atom. The molecule has 0 heterocycles. The lowest BCUT2D eigenvalue weighted by molar-refractivity contribution is -0.145. The van der Waals surface area contributed by atoms with Gasteiger partial charge in [-0.2, -0.15) is 0 Å². The van der Waals surface area contributed by atoms with E-state index in [1.54, 1.807) is 0 Å². The van der Waals surface area contributed by atoms with Crippen LogP contribution < -0.4 is 0 Å². The highest BCUT2D eigenvalue weighted by Gasteiger charge is 2.11. The Labute approximate surface area is 149 Å². The van der Waals surface area contributed by atoms with Gasteiger partial charge in [0.05, 0.1) is 6.61 Å². The third-order valence-electron chi connectivity index (χ3n) is 4.61. The molecule has 3 nitrogen and oxygen atoms in total. The van der Waals surface area contributed by atoms with Gasteiger partial charge < -0.3 is 9.53 Å². The predicted molar refractivity (Wildman–Crippen MR) is 101 cm³/mol. The van der Waals surface area contributed by atoms with Crippen molar-refractivity contribution in [3.8, 4) is 0 Å². The summed E-state index contributed by atoms with van der Waals surface area (Å²) in [6, 6.07) is 0. The molecule has 3 heteroatoms. The molecule has 0 aliphatic carbocycles. The molecule has 0 aromatic carbocycles. The Balaban J connectivity index is 3.72. The van der Waals surface area contributed by atoms with Gasteiger partial charge in [0.25, 0.3) is 0 Å². The van der Waals surface area contributed by atoms with Gasteiger partial charge in [0.15, 0.2) is 0 Å². The molecule has 142 valence electrons. The molecule has 0 saturated heterocycles. The maximum absolute atomic E-state index is 11.9. The van der Waals surface area contributed by atoms with Crippen LogP contribution in [-0.4, -0.2) is 18.9 Å². The summed E-state index contributed by atoms with van der Waals surface area (Å²) in [5.41, 5.74) is 0. The van der Waals surface area contributed by atoms with Crippen LogP contribution in [0.15, 0.2) is 0 Å². The van der Waals surface area contributed by atoms with Crippen LogP contribution in [-0.2, 0) is 14.3 Å². The van der Waals surface area contributed by atoms with Crippen LogP contribution in [0.4, 0.5) is 0 Å². The third-order valence-corrected chi connectivity index (χ3v) is 4.61. The number of esters is 1. The SMILES string of the molecule is CCCCCCC(CCCC)COC(=O)CCCCCCCC=O. The van der Waals surface area contributed by atoms with Crippen LogP contribution in [0.2, 0.25) is 0 Å². The van der Waals surface area contributed by atoms with Crippen molar-refractivity contribution in [2.75, 3.05) is 6.61 Å². The molecule has 0 fully saturated rings. The van der Waals surface area contributed by atoms with E-state index in [9.17, 15) is 9.59 Å². The van der Waals surface area contributed by atoms with E-state index in [2.05, 4.69) is 13.8 Å². The highest BCUT2D eigenvalue weighted by atomic mass is 16.5. The summed E-state index contributed by atoms with van der Waals surface area (Å²) in [5.74, 6) is 0.520. The summed E-state index contributed by atoms with van der Waals surface area (Å²) in [4.78, 5) is 22.1. The molecule has 0 aromatic heterocycles. The van der Waals surface area contributed by atoms with Crippen molar-refractivity contribution >= 4 is 12.3 Å². The largest absolute Gasteiger partial charge is 0.465 e. The predicted octanol–water partition coefficient (Wildman–Crippen LogP) is 6.24. The summed E-state index contributed by atoms with van der Waals surface area (Å²) in [5, 5.41) is 0. The third kappa shape index (κ3) is 16.0. The van der Waals surface area contributed by atoms with E-state index in [1.165, 1.54) is 51.4 Å². The van der Waals surface area contributed by atoms with Crippen molar-refractivity contribution in [1.82, 2.24) is 0 Å². The molecule has 0 N–H and O–H groups in total. The Morgan fingerprint density at radius 2 is 1.46 bits per heavy atom. The molecule has 0 aromatic rings. The number of hydrogen-bond acceptors (Lipinski definition) is 3. The fraction of sp³-hybridized carbons (Fsp3) is 0.905. The van der Waals surface area contributed by atoms with Crippen LogP contribution in [0.25, 0.3) is 0 Å². The summed E-state index contributed by atoms with van der Waals surface area (Å²) >= 11 is 0. The van der Waals surface area contributed by atoms with E-state index in [0.29, 0.717) is 25.4 Å². The van der Waals surface area contributed by atoms with Crippen LogP contribution in [0.1, 0.15) is 110 Å². The lowest BCUT2D eigenvalue weighted by Gasteiger charge is -2.16. The highest BCUT2D eigenvalue weighted by Crippen LogP contribution is 2.18. The van der Waals surface area contributed by atoms with Crippen molar-refractivity contribution in [3.05, 3.63) is 0 Å². The number of hydrogen-bond donors (Lipinski definition) is 0. The maximum Gasteiger partial charge on any atom is 0.305 e. The zero-order valence-corrected chi connectivity index (χ0v) is 16.2. The van der Waals surface area contributed by atoms with Crippen LogP contribution >= 0.6 is 0 Å². The molecule has 24 heavy (non-hydrogen) atoms. The fourth-order valence-electron chi connectivity index (χ4n) is 2.97. The maximum atomic E-state index is 11.9. The van der Waals surface area contributed by atoms with E-state index >= 15 is 0 Å². The van der Waals surface area contributed by atoms with E-state index in [4.69, 9.17) is 4.74 Å². The zero-order chi connectivity index (χ0) is 17.9. The lowest BCUT2D eigenvalue weighted by Crippen LogP contribution is -2.14. The van der Waals surface area contributed by atoms with Gasteiger partial charge in [-0.3, -0.25) is 4.79 Å². The van der Waals surface area contributed by atoms with Gasteiger partial charge in [-0.1, -0.05) is 71.6 Å². The molecule has 0 spiro atoms. The van der Waals surface area contributed by atoms with E-state index < -0.39 is 0 Å². The summed E-state index contributed by atoms with van der Waals surface area (Å²) in [7, 11) is 0. The first-order chi connectivity index (χ1) is 11.7. The van der Waals surface area contributed by atoms with Gasteiger partial charge in [0.2, 0.25) is 0 Å². The highest BCUT2D eigenvalue weighted by molar-refractivity contribution is 5.69. The van der Waals surface area contributed by atoms with Gasteiger partial charge in [-0.15, -0.1) is 0 Å². The molecule has 1 unspecified atom stereocenters. The van der Waals surface area contributed by atoms with Crippen LogP contribution in [0.5, 0.6) is 0 Å². The molecule has 0 radical (unpaired) electrons. The Hall–Kier alpha value is -0.860. The molecular formula is C21H40O3. The van der Waals surface area contributed by atoms with E-state index in [-0.39, 0.29) is 5.97 Å². The number of aldehydes is 1. The number of carbonyl (C=O) groups excluding carboxylic acids is 2. The molecule has 0 amide bonds. The Kier molecular flexibility index (Phi) is 17.8. The summed E-state index contributed by atoms with van der Waals surface area (Å²) in [6.07, 6.45) is 17.3. The first-order valence-corrected chi connectivity index (χ1v) is 10.3. The molecule has 0 bridgehead atoms. The van der Waals surface area contributed by atoms with Crippen LogP contribution in [0.3, 0.4) is 0 Å². The number of unbranched alkanes of at least 4 members (excludes halogenated alkanes) is 9. The van der Waals surface area contributed by atoms with Gasteiger partial charge in [0.1, 0.15) is 6.29 Å². The van der Waals surface area contributed by atoms with Crippen molar-refractivity contribution in [1.29, 1.82) is 0 Å². The standard InChI is InChI=1S/C21H40O3/c1-3-5-7-12-16-20(15-6-4-2)19-24-21(23)17-13-10-8-9-11-14-18-22/h18,20H,3-17,19H2,1-2H3. The van der Waals surface area contributed by atoms with Crippen molar-refractivity contribution in [2.24, 2.45) is 5.92 Å². The number of ether oxygens (including phenoxy) is 1. The normalized spacial score (nSPS) is 12.1. The quantitative estimate of drug-likeness (QED) is 0.169. The summed E-state index contributed by atoms with van der Waals surface area (Å²) < 4.78 is 5.52. The first-order valence-electron chi connectivity index (χ1n) is 10.3. The molecule has 1 atom stereocenters. The minimum atomic E-state index is -0.0297. The van der Waals surface area contributed by atoms with Crippen molar-refractivity contribution in [2.45, 2.75) is 110 Å². The van der Waals surface area contributed by atoms with Gasteiger partial charge in [-0.25, -0.2) is 0 Å². The number of rotatable bonds is 18. The zero-order valence-electron chi connectivity index (χ0n) is 16.2. The van der Waals surface area contributed by atoms with Crippen molar-refractivity contribution < 1.29 is 14.3 Å². The Bertz CT molecular complexity index is 289. The second-order valence-electron chi connectivity index (χ2n) is 7.01.